The van der Waals surface area contributed by atoms with E-state index in [1.807, 2.05) is 0 Å². The van der Waals surface area contributed by atoms with Crippen molar-refractivity contribution < 1.29 is 19.8 Å². The second-order valence-corrected chi connectivity index (χ2v) is 5.58. The van der Waals surface area contributed by atoms with E-state index >= 15 is 0 Å². The molecule has 0 radical (unpaired) electrons. The number of fused-ring (bicyclic) bond motifs is 2. The van der Waals surface area contributed by atoms with Gasteiger partial charge < -0.3 is 20.4 Å². The molecule has 3 N–H and O–H groups in total. The number of urea groups is 1. The van der Waals surface area contributed by atoms with Crippen LogP contribution >= 0.6 is 0 Å². The summed E-state index contributed by atoms with van der Waals surface area (Å²) >= 11 is 0. The number of piperidine rings is 1. The average Bonchev–Trinajstić information content (AvgIpc) is 2.72. The molecule has 21 heavy (non-hydrogen) atoms. The van der Waals surface area contributed by atoms with E-state index < -0.39 is 5.97 Å². The molecule has 2 atom stereocenters. The summed E-state index contributed by atoms with van der Waals surface area (Å²) in [6, 6.07) is 2.84. The summed E-state index contributed by atoms with van der Waals surface area (Å²) in [7, 11) is 0. The van der Waals surface area contributed by atoms with Gasteiger partial charge in [0.05, 0.1) is 18.0 Å². The molecule has 2 aliphatic heterocycles. The summed E-state index contributed by atoms with van der Waals surface area (Å²) in [5, 5.41) is 21.3. The first-order valence-corrected chi connectivity index (χ1v) is 7.01. The summed E-state index contributed by atoms with van der Waals surface area (Å²) in [4.78, 5) is 28.6. The number of carboxylic acid groups (broad SMARTS) is 1. The highest BCUT2D eigenvalue weighted by molar-refractivity contribution is 5.91. The SMILES string of the molecule is O=C(O)c1ccc(NC(=O)N2C3CCC2CC(O)C3)cn1. The fourth-order valence-corrected chi connectivity index (χ4v) is 3.26. The lowest BCUT2D eigenvalue weighted by atomic mass is 10.0. The van der Waals surface area contributed by atoms with Crippen molar-refractivity contribution in [1.29, 1.82) is 0 Å². The molecule has 112 valence electrons. The van der Waals surface area contributed by atoms with Crippen LogP contribution in [-0.2, 0) is 0 Å². The zero-order valence-electron chi connectivity index (χ0n) is 11.4. The summed E-state index contributed by atoms with van der Waals surface area (Å²) < 4.78 is 0. The van der Waals surface area contributed by atoms with Gasteiger partial charge in [-0.2, -0.15) is 0 Å². The molecule has 1 aromatic heterocycles. The lowest BCUT2D eigenvalue weighted by Crippen LogP contribution is -2.49. The lowest BCUT2D eigenvalue weighted by Gasteiger charge is -2.37. The van der Waals surface area contributed by atoms with E-state index in [9.17, 15) is 14.7 Å². The maximum absolute atomic E-state index is 12.3. The number of rotatable bonds is 2. The van der Waals surface area contributed by atoms with Crippen LogP contribution in [-0.4, -0.2) is 50.3 Å². The first kappa shape index (κ1) is 13.8. The molecule has 2 unspecified atom stereocenters. The first-order valence-electron chi connectivity index (χ1n) is 7.01. The van der Waals surface area contributed by atoms with Gasteiger partial charge >= 0.3 is 12.0 Å². The Labute approximate surface area is 121 Å². The fourth-order valence-electron chi connectivity index (χ4n) is 3.26. The van der Waals surface area contributed by atoms with E-state index in [1.165, 1.54) is 18.3 Å². The van der Waals surface area contributed by atoms with Crippen LogP contribution in [0.1, 0.15) is 36.2 Å². The highest BCUT2D eigenvalue weighted by Crippen LogP contribution is 2.36. The minimum Gasteiger partial charge on any atom is -0.477 e. The van der Waals surface area contributed by atoms with Crippen LogP contribution in [0.3, 0.4) is 0 Å². The van der Waals surface area contributed by atoms with Gasteiger partial charge in [-0.1, -0.05) is 0 Å². The minimum atomic E-state index is -1.10. The van der Waals surface area contributed by atoms with Crippen molar-refractivity contribution in [2.24, 2.45) is 0 Å². The van der Waals surface area contributed by atoms with Crippen molar-refractivity contribution in [3.63, 3.8) is 0 Å². The van der Waals surface area contributed by atoms with E-state index in [4.69, 9.17) is 5.11 Å². The summed E-state index contributed by atoms with van der Waals surface area (Å²) in [6.07, 6.45) is 4.11. The quantitative estimate of drug-likeness (QED) is 0.762. The summed E-state index contributed by atoms with van der Waals surface area (Å²) in [6.45, 7) is 0. The number of aliphatic hydroxyl groups is 1. The van der Waals surface area contributed by atoms with Gasteiger partial charge in [0.2, 0.25) is 0 Å². The number of aliphatic hydroxyl groups excluding tert-OH is 1. The molecule has 2 fully saturated rings. The van der Waals surface area contributed by atoms with Gasteiger partial charge in [-0.25, -0.2) is 14.6 Å². The second kappa shape index (κ2) is 5.33. The van der Waals surface area contributed by atoms with Crippen LogP contribution in [0, 0.1) is 0 Å². The van der Waals surface area contributed by atoms with Gasteiger partial charge in [0.25, 0.3) is 0 Å². The van der Waals surface area contributed by atoms with Gasteiger partial charge in [-0.3, -0.25) is 0 Å². The number of nitrogens with zero attached hydrogens (tertiary/aromatic N) is 2. The normalized spacial score (nSPS) is 27.5. The largest absolute Gasteiger partial charge is 0.477 e. The molecule has 2 amide bonds. The maximum Gasteiger partial charge on any atom is 0.354 e. The smallest absolute Gasteiger partial charge is 0.354 e. The Hall–Kier alpha value is -2.15. The topological polar surface area (TPSA) is 103 Å². The summed E-state index contributed by atoms with van der Waals surface area (Å²) in [5.74, 6) is -1.10. The third kappa shape index (κ3) is 2.69. The van der Waals surface area contributed by atoms with E-state index in [0.717, 1.165) is 12.8 Å². The number of amides is 2. The van der Waals surface area contributed by atoms with Crippen molar-refractivity contribution in [2.75, 3.05) is 5.32 Å². The minimum absolute atomic E-state index is 0.0610. The number of nitrogens with one attached hydrogen (secondary N) is 1. The van der Waals surface area contributed by atoms with Gasteiger partial charge in [0, 0.05) is 12.1 Å². The van der Waals surface area contributed by atoms with Gasteiger partial charge in [-0.05, 0) is 37.8 Å². The Morgan fingerprint density at radius 2 is 1.90 bits per heavy atom. The zero-order valence-corrected chi connectivity index (χ0v) is 11.4. The monoisotopic (exact) mass is 291 g/mol. The molecule has 7 nitrogen and oxygen atoms in total. The highest BCUT2D eigenvalue weighted by Gasteiger charge is 2.42. The van der Waals surface area contributed by atoms with Crippen LogP contribution in [0.5, 0.6) is 0 Å². The van der Waals surface area contributed by atoms with Crippen LogP contribution in [0.2, 0.25) is 0 Å². The third-order valence-corrected chi connectivity index (χ3v) is 4.18. The molecule has 0 saturated carbocycles. The Morgan fingerprint density at radius 3 is 2.43 bits per heavy atom. The molecule has 3 heterocycles. The number of hydrogen-bond donors (Lipinski definition) is 3. The molecule has 0 aliphatic carbocycles. The van der Waals surface area contributed by atoms with Crippen molar-refractivity contribution in [1.82, 2.24) is 9.88 Å². The molecular weight excluding hydrogens is 274 g/mol. The van der Waals surface area contributed by atoms with Gasteiger partial charge in [0.15, 0.2) is 0 Å². The van der Waals surface area contributed by atoms with Crippen LogP contribution in [0.15, 0.2) is 18.3 Å². The Balaban J connectivity index is 1.68. The van der Waals surface area contributed by atoms with E-state index in [2.05, 4.69) is 10.3 Å². The summed E-state index contributed by atoms with van der Waals surface area (Å²) in [5.41, 5.74) is 0.407. The van der Waals surface area contributed by atoms with Gasteiger partial charge in [0.1, 0.15) is 5.69 Å². The Bertz CT molecular complexity index is 546. The van der Waals surface area contributed by atoms with Crippen LogP contribution < -0.4 is 5.32 Å². The molecule has 7 heteroatoms. The second-order valence-electron chi connectivity index (χ2n) is 5.58. The first-order chi connectivity index (χ1) is 10.0. The zero-order chi connectivity index (χ0) is 15.0. The molecule has 2 aliphatic rings. The van der Waals surface area contributed by atoms with E-state index in [-0.39, 0.29) is 29.9 Å². The average molecular weight is 291 g/mol. The molecule has 2 bridgehead atoms. The number of aromatic nitrogens is 1. The molecule has 0 spiro atoms. The lowest BCUT2D eigenvalue weighted by molar-refractivity contribution is 0.0579. The highest BCUT2D eigenvalue weighted by atomic mass is 16.4. The number of carboxylic acids is 1. The number of carbonyl (C=O) groups is 2. The molecular formula is C14H17N3O4. The number of hydrogen-bond acceptors (Lipinski definition) is 4. The number of aromatic carboxylic acids is 1. The van der Waals surface area contributed by atoms with Crippen molar-refractivity contribution >= 4 is 17.7 Å². The standard InChI is InChI=1S/C14H17N3O4/c18-11-5-9-2-3-10(6-11)17(9)14(21)16-8-1-4-12(13(19)20)15-7-8/h1,4,7,9-11,18H,2-3,5-6H2,(H,16,21)(H,19,20). The third-order valence-electron chi connectivity index (χ3n) is 4.18. The fraction of sp³-hybridized carbons (Fsp3) is 0.500. The maximum atomic E-state index is 12.3. The Morgan fingerprint density at radius 1 is 1.24 bits per heavy atom. The predicted octanol–water partition coefficient (Wildman–Crippen LogP) is 1.30. The van der Waals surface area contributed by atoms with Crippen molar-refractivity contribution in [2.45, 2.75) is 43.9 Å². The van der Waals surface area contributed by atoms with Crippen LogP contribution in [0.4, 0.5) is 10.5 Å². The number of anilines is 1. The van der Waals surface area contributed by atoms with E-state index in [0.29, 0.717) is 18.5 Å². The number of carbonyl (C=O) groups excluding carboxylic acids is 1. The van der Waals surface area contributed by atoms with Crippen molar-refractivity contribution in [3.8, 4) is 0 Å². The van der Waals surface area contributed by atoms with Gasteiger partial charge in [-0.15, -0.1) is 0 Å². The van der Waals surface area contributed by atoms with Crippen LogP contribution in [0.25, 0.3) is 0 Å². The molecule has 3 rings (SSSR count). The molecule has 2 saturated heterocycles. The van der Waals surface area contributed by atoms with Crippen molar-refractivity contribution in [3.05, 3.63) is 24.0 Å². The Kier molecular flexibility index (Phi) is 3.50. The molecule has 1 aromatic rings. The predicted molar refractivity (Wildman–Crippen MR) is 74.1 cm³/mol. The molecule has 0 aromatic carbocycles. The van der Waals surface area contributed by atoms with E-state index in [1.54, 1.807) is 4.90 Å². The number of pyridine rings is 1.